The summed E-state index contributed by atoms with van der Waals surface area (Å²) in [5.74, 6) is 0. The number of aromatic nitrogens is 2. The Morgan fingerprint density at radius 1 is 1.53 bits per heavy atom. The molecule has 1 atom stereocenters. The smallest absolute Gasteiger partial charge is 0.328 e. The first kappa shape index (κ1) is 12.3. The van der Waals surface area contributed by atoms with Crippen molar-refractivity contribution in [2.45, 2.75) is 25.6 Å². The maximum Gasteiger partial charge on any atom is 0.435 e. The van der Waals surface area contributed by atoms with Gasteiger partial charge in [-0.15, -0.1) is 0 Å². The minimum Gasteiger partial charge on any atom is -0.328 e. The van der Waals surface area contributed by atoms with Crippen LogP contribution in [0.5, 0.6) is 0 Å². The average molecular weight is 242 g/mol. The summed E-state index contributed by atoms with van der Waals surface area (Å²) in [6.07, 6.45) is -4.43. The van der Waals surface area contributed by atoms with E-state index in [0.717, 1.165) is 4.68 Å². The number of halogens is 4. The summed E-state index contributed by atoms with van der Waals surface area (Å²) in [5, 5.41) is 3.32. The fourth-order valence-electron chi connectivity index (χ4n) is 1.28. The summed E-state index contributed by atoms with van der Waals surface area (Å²) in [5.41, 5.74) is 4.46. The van der Waals surface area contributed by atoms with Gasteiger partial charge in [0.25, 0.3) is 0 Å². The Bertz CT molecular complexity index is 357. The lowest BCUT2D eigenvalue weighted by atomic mass is 10.1. The van der Waals surface area contributed by atoms with E-state index in [4.69, 9.17) is 17.3 Å². The Labute approximate surface area is 90.0 Å². The van der Waals surface area contributed by atoms with Gasteiger partial charge in [-0.2, -0.15) is 18.3 Å². The highest BCUT2D eigenvalue weighted by molar-refractivity contribution is 6.30. The van der Waals surface area contributed by atoms with Crippen LogP contribution in [0.4, 0.5) is 13.2 Å². The van der Waals surface area contributed by atoms with Gasteiger partial charge in [-0.05, 0) is 13.3 Å². The maximum absolute atomic E-state index is 12.5. The van der Waals surface area contributed by atoms with E-state index in [-0.39, 0.29) is 17.1 Å². The summed E-state index contributed by atoms with van der Waals surface area (Å²) in [4.78, 5) is 0. The van der Waals surface area contributed by atoms with Crippen molar-refractivity contribution in [1.82, 2.24) is 9.78 Å². The van der Waals surface area contributed by atoms with E-state index in [1.54, 1.807) is 6.92 Å². The number of hydrogen-bond acceptors (Lipinski definition) is 2. The minimum atomic E-state index is -4.49. The number of nitrogens with two attached hydrogens (primary N) is 1. The Morgan fingerprint density at radius 3 is 2.47 bits per heavy atom. The lowest BCUT2D eigenvalue weighted by Gasteiger charge is -2.08. The summed E-state index contributed by atoms with van der Waals surface area (Å²) >= 11 is 5.71. The van der Waals surface area contributed by atoms with Crippen LogP contribution >= 0.6 is 11.6 Å². The zero-order valence-corrected chi connectivity index (χ0v) is 9.02. The first-order valence-electron chi connectivity index (χ1n) is 4.27. The van der Waals surface area contributed by atoms with Gasteiger partial charge in [0.1, 0.15) is 5.15 Å². The number of rotatable bonds is 2. The molecule has 0 spiro atoms. The molecule has 1 aromatic rings. The molecule has 1 aromatic heterocycles. The van der Waals surface area contributed by atoms with Crippen molar-refractivity contribution in [1.29, 1.82) is 0 Å². The van der Waals surface area contributed by atoms with Gasteiger partial charge in [-0.1, -0.05) is 11.6 Å². The van der Waals surface area contributed by atoms with Gasteiger partial charge in [0.05, 0.1) is 0 Å². The molecule has 0 bridgehead atoms. The Kier molecular flexibility index (Phi) is 3.30. The van der Waals surface area contributed by atoms with Crippen molar-refractivity contribution in [3.63, 3.8) is 0 Å². The predicted octanol–water partition coefficient (Wildman–Crippen LogP) is 1.98. The third kappa shape index (κ3) is 2.63. The zero-order chi connectivity index (χ0) is 11.8. The Hall–Kier alpha value is -0.750. The third-order valence-corrected chi connectivity index (χ3v) is 2.34. The first-order valence-corrected chi connectivity index (χ1v) is 4.65. The standard InChI is InChI=1S/C8H11ClF3N3/c1-4(13)3-5-6(8(10,11)12)14-15(2)7(5)9/h4H,3,13H2,1-2H3/t4-/m0/s1. The molecule has 0 aliphatic carbocycles. The van der Waals surface area contributed by atoms with Gasteiger partial charge in [0.2, 0.25) is 0 Å². The van der Waals surface area contributed by atoms with E-state index in [2.05, 4.69) is 5.10 Å². The Morgan fingerprint density at radius 2 is 2.07 bits per heavy atom. The van der Waals surface area contributed by atoms with Gasteiger partial charge in [-0.25, -0.2) is 0 Å². The molecule has 0 unspecified atom stereocenters. The first-order chi connectivity index (χ1) is 6.73. The van der Waals surface area contributed by atoms with Gasteiger partial charge in [0.15, 0.2) is 5.69 Å². The molecular weight excluding hydrogens is 231 g/mol. The van der Waals surface area contributed by atoms with Crippen molar-refractivity contribution >= 4 is 11.6 Å². The maximum atomic E-state index is 12.5. The lowest BCUT2D eigenvalue weighted by molar-refractivity contribution is -0.142. The van der Waals surface area contributed by atoms with Crippen molar-refractivity contribution in [2.75, 3.05) is 0 Å². The quantitative estimate of drug-likeness (QED) is 0.861. The molecule has 0 aromatic carbocycles. The van der Waals surface area contributed by atoms with Crippen LogP contribution in [0, 0.1) is 0 Å². The molecule has 0 saturated carbocycles. The largest absolute Gasteiger partial charge is 0.435 e. The van der Waals surface area contributed by atoms with E-state index in [1.807, 2.05) is 0 Å². The highest BCUT2D eigenvalue weighted by atomic mass is 35.5. The van der Waals surface area contributed by atoms with E-state index in [0.29, 0.717) is 0 Å². The van der Waals surface area contributed by atoms with Crippen molar-refractivity contribution in [3.8, 4) is 0 Å². The van der Waals surface area contributed by atoms with Gasteiger partial charge < -0.3 is 5.73 Å². The van der Waals surface area contributed by atoms with Gasteiger partial charge in [-0.3, -0.25) is 4.68 Å². The van der Waals surface area contributed by atoms with E-state index in [9.17, 15) is 13.2 Å². The van der Waals surface area contributed by atoms with Crippen molar-refractivity contribution < 1.29 is 13.2 Å². The molecule has 86 valence electrons. The molecule has 0 radical (unpaired) electrons. The van der Waals surface area contributed by atoms with Crippen LogP contribution in [0.25, 0.3) is 0 Å². The number of hydrogen-bond donors (Lipinski definition) is 1. The monoisotopic (exact) mass is 241 g/mol. The summed E-state index contributed by atoms with van der Waals surface area (Å²) in [7, 11) is 1.36. The molecule has 0 fully saturated rings. The molecule has 2 N–H and O–H groups in total. The van der Waals surface area contributed by atoms with Crippen LogP contribution in [0.1, 0.15) is 18.2 Å². The van der Waals surface area contributed by atoms with E-state index < -0.39 is 17.9 Å². The fraction of sp³-hybridized carbons (Fsp3) is 0.625. The summed E-state index contributed by atoms with van der Waals surface area (Å²) in [6, 6.07) is -0.396. The molecular formula is C8H11ClF3N3. The number of aryl methyl sites for hydroxylation is 1. The Balaban J connectivity index is 3.21. The van der Waals surface area contributed by atoms with Crippen LogP contribution in [0.15, 0.2) is 0 Å². The van der Waals surface area contributed by atoms with Crippen LogP contribution in [0.3, 0.4) is 0 Å². The van der Waals surface area contributed by atoms with E-state index >= 15 is 0 Å². The third-order valence-electron chi connectivity index (χ3n) is 1.86. The SMILES string of the molecule is C[C@H](N)Cc1c(C(F)(F)F)nn(C)c1Cl. The van der Waals surface area contributed by atoms with Crippen LogP contribution in [-0.4, -0.2) is 15.8 Å². The highest BCUT2D eigenvalue weighted by Crippen LogP contribution is 2.34. The molecule has 0 saturated heterocycles. The van der Waals surface area contributed by atoms with Crippen LogP contribution in [-0.2, 0) is 19.6 Å². The molecule has 7 heteroatoms. The molecule has 0 amide bonds. The van der Waals surface area contributed by atoms with Gasteiger partial charge in [0, 0.05) is 18.7 Å². The molecule has 0 aliphatic rings. The average Bonchev–Trinajstić information content (AvgIpc) is 2.30. The number of alkyl halides is 3. The van der Waals surface area contributed by atoms with E-state index in [1.165, 1.54) is 7.05 Å². The predicted molar refractivity (Wildman–Crippen MR) is 50.6 cm³/mol. The molecule has 1 rings (SSSR count). The lowest BCUT2D eigenvalue weighted by Crippen LogP contribution is -2.20. The summed E-state index contributed by atoms with van der Waals surface area (Å²) in [6.45, 7) is 1.61. The van der Waals surface area contributed by atoms with Gasteiger partial charge >= 0.3 is 6.18 Å². The van der Waals surface area contributed by atoms with Crippen molar-refractivity contribution in [3.05, 3.63) is 16.4 Å². The second-order valence-electron chi connectivity index (χ2n) is 3.42. The second-order valence-corrected chi connectivity index (χ2v) is 3.78. The normalized spacial score (nSPS) is 14.3. The molecule has 1 heterocycles. The van der Waals surface area contributed by atoms with Crippen LogP contribution < -0.4 is 5.73 Å². The molecule has 3 nitrogen and oxygen atoms in total. The summed E-state index contributed by atoms with van der Waals surface area (Å²) < 4.78 is 38.6. The minimum absolute atomic E-state index is 0.0142. The number of nitrogens with zero attached hydrogens (tertiary/aromatic N) is 2. The molecule has 15 heavy (non-hydrogen) atoms. The topological polar surface area (TPSA) is 43.8 Å². The van der Waals surface area contributed by atoms with Crippen LogP contribution in [0.2, 0.25) is 5.15 Å². The highest BCUT2D eigenvalue weighted by Gasteiger charge is 2.38. The molecule has 0 aliphatic heterocycles. The fourth-order valence-corrected chi connectivity index (χ4v) is 1.48. The van der Waals surface area contributed by atoms with Crippen molar-refractivity contribution in [2.24, 2.45) is 12.8 Å². The second kappa shape index (κ2) is 4.02. The zero-order valence-electron chi connectivity index (χ0n) is 8.27.